The van der Waals surface area contributed by atoms with Gasteiger partial charge in [-0.15, -0.1) is 0 Å². The minimum absolute atomic E-state index is 0.546. The van der Waals surface area contributed by atoms with Crippen LogP contribution in [0.15, 0.2) is 24.3 Å². The van der Waals surface area contributed by atoms with E-state index >= 15 is 0 Å². The molecule has 1 aliphatic heterocycles. The SMILES string of the molecule is CC1CCCO1.COc1ccc(Cl)cc1. The number of hydrogen-bond donors (Lipinski definition) is 0. The average molecular weight is 229 g/mol. The van der Waals surface area contributed by atoms with E-state index in [4.69, 9.17) is 21.1 Å². The van der Waals surface area contributed by atoms with Gasteiger partial charge >= 0.3 is 0 Å². The van der Waals surface area contributed by atoms with Gasteiger partial charge in [0.05, 0.1) is 13.2 Å². The summed E-state index contributed by atoms with van der Waals surface area (Å²) in [5, 5.41) is 0.732. The fourth-order valence-electron chi connectivity index (χ4n) is 1.31. The predicted octanol–water partition coefficient (Wildman–Crippen LogP) is 3.53. The first-order chi connectivity index (χ1) is 7.22. The molecule has 0 aromatic heterocycles. The van der Waals surface area contributed by atoms with Gasteiger partial charge in [-0.25, -0.2) is 0 Å². The van der Waals surface area contributed by atoms with Gasteiger partial charge in [0.1, 0.15) is 5.75 Å². The van der Waals surface area contributed by atoms with E-state index in [-0.39, 0.29) is 0 Å². The molecule has 1 atom stereocenters. The Kier molecular flexibility index (Phi) is 5.51. The van der Waals surface area contributed by atoms with E-state index in [9.17, 15) is 0 Å². The zero-order valence-corrected chi connectivity index (χ0v) is 9.96. The van der Waals surface area contributed by atoms with Crippen molar-refractivity contribution < 1.29 is 9.47 Å². The van der Waals surface area contributed by atoms with Crippen molar-refractivity contribution in [1.29, 1.82) is 0 Å². The Bertz CT molecular complexity index is 265. The van der Waals surface area contributed by atoms with Crippen LogP contribution in [0.3, 0.4) is 0 Å². The maximum absolute atomic E-state index is 5.61. The molecule has 3 heteroatoms. The number of halogens is 1. The lowest BCUT2D eigenvalue weighted by Gasteiger charge is -1.96. The van der Waals surface area contributed by atoms with Crippen LogP contribution in [0.5, 0.6) is 5.75 Å². The Hall–Kier alpha value is -0.730. The first kappa shape index (κ1) is 12.3. The molecular formula is C12H17ClO2. The molecule has 0 N–H and O–H groups in total. The lowest BCUT2D eigenvalue weighted by Crippen LogP contribution is -1.94. The molecule has 1 aromatic carbocycles. The van der Waals surface area contributed by atoms with Crippen LogP contribution in [-0.2, 0) is 4.74 Å². The molecule has 0 aliphatic carbocycles. The summed E-state index contributed by atoms with van der Waals surface area (Å²) in [5.74, 6) is 0.833. The molecule has 2 rings (SSSR count). The number of ether oxygens (including phenoxy) is 2. The van der Waals surface area contributed by atoms with E-state index in [1.807, 2.05) is 12.1 Å². The van der Waals surface area contributed by atoms with Crippen LogP contribution in [0.25, 0.3) is 0 Å². The summed E-state index contributed by atoms with van der Waals surface area (Å²) < 4.78 is 10.1. The van der Waals surface area contributed by atoms with E-state index in [1.54, 1.807) is 19.2 Å². The van der Waals surface area contributed by atoms with Crippen LogP contribution in [0.4, 0.5) is 0 Å². The van der Waals surface area contributed by atoms with Crippen molar-refractivity contribution in [3.8, 4) is 5.75 Å². The van der Waals surface area contributed by atoms with E-state index in [0.717, 1.165) is 17.4 Å². The number of rotatable bonds is 1. The van der Waals surface area contributed by atoms with Crippen LogP contribution < -0.4 is 4.74 Å². The van der Waals surface area contributed by atoms with Crippen molar-refractivity contribution in [3.63, 3.8) is 0 Å². The molecular weight excluding hydrogens is 212 g/mol. The molecule has 0 amide bonds. The van der Waals surface area contributed by atoms with Gasteiger partial charge in [0.25, 0.3) is 0 Å². The van der Waals surface area contributed by atoms with Crippen LogP contribution >= 0.6 is 11.6 Å². The van der Waals surface area contributed by atoms with Crippen molar-refractivity contribution in [1.82, 2.24) is 0 Å². The Labute approximate surface area is 96.2 Å². The minimum Gasteiger partial charge on any atom is -0.497 e. The van der Waals surface area contributed by atoms with Crippen molar-refractivity contribution in [2.24, 2.45) is 0 Å². The van der Waals surface area contributed by atoms with E-state index < -0.39 is 0 Å². The monoisotopic (exact) mass is 228 g/mol. The van der Waals surface area contributed by atoms with Gasteiger partial charge < -0.3 is 9.47 Å². The normalized spacial score (nSPS) is 19.3. The minimum atomic E-state index is 0.546. The zero-order chi connectivity index (χ0) is 11.1. The van der Waals surface area contributed by atoms with Gasteiger partial charge in [-0.1, -0.05) is 11.6 Å². The molecule has 1 saturated heterocycles. The van der Waals surface area contributed by atoms with Crippen LogP contribution in [0.1, 0.15) is 19.8 Å². The van der Waals surface area contributed by atoms with Crippen LogP contribution in [0.2, 0.25) is 5.02 Å². The van der Waals surface area contributed by atoms with Gasteiger partial charge in [-0.05, 0) is 44.0 Å². The number of benzene rings is 1. The fourth-order valence-corrected chi connectivity index (χ4v) is 1.44. The lowest BCUT2D eigenvalue weighted by molar-refractivity contribution is 0.125. The Morgan fingerprint density at radius 3 is 2.33 bits per heavy atom. The highest BCUT2D eigenvalue weighted by Gasteiger charge is 2.07. The quantitative estimate of drug-likeness (QED) is 0.732. The smallest absolute Gasteiger partial charge is 0.118 e. The summed E-state index contributed by atoms with van der Waals surface area (Å²) in [6.07, 6.45) is 3.08. The van der Waals surface area contributed by atoms with Crippen molar-refractivity contribution in [2.75, 3.05) is 13.7 Å². The summed E-state index contributed by atoms with van der Waals surface area (Å²) >= 11 is 5.61. The standard InChI is InChI=1S/C7H7ClO.C5H10O/c1-9-7-4-2-6(8)3-5-7;1-5-3-2-4-6-5/h2-5H,1H3;5H,2-4H2,1H3. The molecule has 2 nitrogen and oxygen atoms in total. The largest absolute Gasteiger partial charge is 0.497 e. The number of hydrogen-bond acceptors (Lipinski definition) is 2. The average Bonchev–Trinajstić information content (AvgIpc) is 2.71. The summed E-state index contributed by atoms with van der Waals surface area (Å²) in [7, 11) is 1.63. The zero-order valence-electron chi connectivity index (χ0n) is 9.20. The lowest BCUT2D eigenvalue weighted by atomic mass is 10.3. The molecule has 0 radical (unpaired) electrons. The molecule has 84 valence electrons. The van der Waals surface area contributed by atoms with Crippen LogP contribution in [-0.4, -0.2) is 19.8 Å². The molecule has 1 heterocycles. The van der Waals surface area contributed by atoms with Crippen LogP contribution in [0, 0.1) is 0 Å². The van der Waals surface area contributed by atoms with Crippen molar-refractivity contribution in [3.05, 3.63) is 29.3 Å². The summed E-state index contributed by atoms with van der Waals surface area (Å²) in [4.78, 5) is 0. The van der Waals surface area contributed by atoms with E-state index in [0.29, 0.717) is 6.10 Å². The molecule has 0 saturated carbocycles. The van der Waals surface area contributed by atoms with Gasteiger partial charge in [-0.3, -0.25) is 0 Å². The first-order valence-corrected chi connectivity index (χ1v) is 5.51. The van der Waals surface area contributed by atoms with Gasteiger partial charge in [0, 0.05) is 11.6 Å². The highest BCUT2D eigenvalue weighted by Crippen LogP contribution is 2.14. The highest BCUT2D eigenvalue weighted by molar-refractivity contribution is 6.30. The third-order valence-electron chi connectivity index (χ3n) is 2.21. The fraction of sp³-hybridized carbons (Fsp3) is 0.500. The number of methoxy groups -OCH3 is 1. The second-order valence-electron chi connectivity index (χ2n) is 3.48. The molecule has 0 bridgehead atoms. The third-order valence-corrected chi connectivity index (χ3v) is 2.46. The van der Waals surface area contributed by atoms with Gasteiger partial charge in [-0.2, -0.15) is 0 Å². The summed E-state index contributed by atoms with van der Waals surface area (Å²) in [5.41, 5.74) is 0. The second kappa shape index (κ2) is 6.70. The maximum Gasteiger partial charge on any atom is 0.118 e. The molecule has 1 unspecified atom stereocenters. The van der Waals surface area contributed by atoms with Crippen molar-refractivity contribution in [2.45, 2.75) is 25.9 Å². The summed E-state index contributed by atoms with van der Waals surface area (Å²) in [6, 6.07) is 7.23. The molecule has 1 aromatic rings. The molecule has 1 fully saturated rings. The maximum atomic E-state index is 5.61. The van der Waals surface area contributed by atoms with E-state index in [2.05, 4.69) is 6.92 Å². The van der Waals surface area contributed by atoms with E-state index in [1.165, 1.54) is 12.8 Å². The predicted molar refractivity (Wildman–Crippen MR) is 62.7 cm³/mol. The van der Waals surface area contributed by atoms with Gasteiger partial charge in [0.2, 0.25) is 0 Å². The Balaban J connectivity index is 0.000000162. The highest BCUT2D eigenvalue weighted by atomic mass is 35.5. The molecule has 1 aliphatic rings. The Morgan fingerprint density at radius 1 is 1.33 bits per heavy atom. The third kappa shape index (κ3) is 5.05. The first-order valence-electron chi connectivity index (χ1n) is 5.13. The van der Waals surface area contributed by atoms with Gasteiger partial charge in [0.15, 0.2) is 0 Å². The topological polar surface area (TPSA) is 18.5 Å². The second-order valence-corrected chi connectivity index (χ2v) is 3.92. The molecule has 0 spiro atoms. The Morgan fingerprint density at radius 2 is 2.00 bits per heavy atom. The molecule has 15 heavy (non-hydrogen) atoms. The van der Waals surface area contributed by atoms with Crippen molar-refractivity contribution >= 4 is 11.6 Å². The summed E-state index contributed by atoms with van der Waals surface area (Å²) in [6.45, 7) is 3.11.